The van der Waals surface area contributed by atoms with E-state index in [9.17, 15) is 0 Å². The quantitative estimate of drug-likeness (QED) is 0.623. The van der Waals surface area contributed by atoms with E-state index in [4.69, 9.17) is 23.2 Å². The van der Waals surface area contributed by atoms with Gasteiger partial charge in [-0.05, 0) is 37.1 Å². The molecule has 0 N–H and O–H groups in total. The summed E-state index contributed by atoms with van der Waals surface area (Å²) in [7, 11) is 0. The van der Waals surface area contributed by atoms with Gasteiger partial charge >= 0.3 is 0 Å². The van der Waals surface area contributed by atoms with Crippen LogP contribution in [-0.2, 0) is 0 Å². The first-order valence-electron chi connectivity index (χ1n) is 6.32. The van der Waals surface area contributed by atoms with Gasteiger partial charge in [-0.3, -0.25) is 0 Å². The molecule has 1 fully saturated rings. The van der Waals surface area contributed by atoms with Crippen molar-refractivity contribution in [2.75, 3.05) is 0 Å². The first-order chi connectivity index (χ1) is 8.25. The van der Waals surface area contributed by atoms with Crippen LogP contribution in [-0.4, -0.2) is 10.6 Å². The Hall–Kier alpha value is 0.150. The summed E-state index contributed by atoms with van der Waals surface area (Å²) in [6.07, 6.45) is 7.71. The van der Waals surface area contributed by atoms with Gasteiger partial charge in [0.2, 0.25) is 0 Å². The summed E-state index contributed by atoms with van der Waals surface area (Å²) >= 11 is 14.3. The number of thioether (sulfide) groups is 1. The van der Waals surface area contributed by atoms with Crippen molar-refractivity contribution in [2.45, 2.75) is 54.0 Å². The van der Waals surface area contributed by atoms with Crippen LogP contribution in [0.25, 0.3) is 0 Å². The average molecular weight is 289 g/mol. The Morgan fingerprint density at radius 1 is 0.941 bits per heavy atom. The van der Waals surface area contributed by atoms with E-state index in [0.717, 1.165) is 11.4 Å². The predicted molar refractivity (Wildman–Crippen MR) is 78.4 cm³/mol. The molecule has 1 aliphatic rings. The molecule has 1 aliphatic carbocycles. The Morgan fingerprint density at radius 2 is 1.59 bits per heavy atom. The van der Waals surface area contributed by atoms with Crippen LogP contribution in [0.15, 0.2) is 29.2 Å². The Labute approximate surface area is 118 Å². The van der Waals surface area contributed by atoms with Gasteiger partial charge in [-0.25, -0.2) is 0 Å². The normalized spacial score (nSPS) is 26.2. The van der Waals surface area contributed by atoms with Crippen molar-refractivity contribution in [3.63, 3.8) is 0 Å². The average Bonchev–Trinajstić information content (AvgIpc) is 2.31. The maximum atomic E-state index is 6.49. The molecule has 1 aromatic carbocycles. The lowest BCUT2D eigenvalue weighted by Gasteiger charge is -2.24. The number of halogens is 2. The van der Waals surface area contributed by atoms with E-state index in [1.807, 2.05) is 23.9 Å². The highest BCUT2D eigenvalue weighted by atomic mass is 35.5. The Morgan fingerprint density at radius 3 is 2.29 bits per heavy atom. The summed E-state index contributed by atoms with van der Waals surface area (Å²) in [5, 5.41) is 1.67. The number of hydrogen-bond acceptors (Lipinski definition) is 1. The van der Waals surface area contributed by atoms with Crippen LogP contribution in [0.1, 0.15) is 38.5 Å². The fraction of sp³-hybridized carbons (Fsp3) is 0.571. The minimum absolute atomic E-state index is 0.316. The topological polar surface area (TPSA) is 0 Å². The molecule has 0 nitrogen and oxygen atoms in total. The third-order valence-corrected chi connectivity index (χ3v) is 5.56. The number of hydrogen-bond donors (Lipinski definition) is 0. The highest BCUT2D eigenvalue weighted by Gasteiger charge is 2.21. The zero-order valence-corrected chi connectivity index (χ0v) is 12.2. The van der Waals surface area contributed by atoms with Gasteiger partial charge in [-0.15, -0.1) is 23.4 Å². The number of benzene rings is 1. The van der Waals surface area contributed by atoms with E-state index in [0.29, 0.717) is 10.6 Å². The fourth-order valence-corrected chi connectivity index (χ4v) is 4.00. The molecule has 0 saturated heterocycles. The summed E-state index contributed by atoms with van der Waals surface area (Å²) in [6, 6.07) is 8.09. The lowest BCUT2D eigenvalue weighted by atomic mass is 10.0. The van der Waals surface area contributed by atoms with Gasteiger partial charge in [-0.1, -0.05) is 37.3 Å². The van der Waals surface area contributed by atoms with E-state index in [1.165, 1.54) is 37.0 Å². The molecule has 0 aliphatic heterocycles. The van der Waals surface area contributed by atoms with Gasteiger partial charge < -0.3 is 0 Å². The second kappa shape index (κ2) is 6.92. The minimum Gasteiger partial charge on any atom is -0.122 e. The number of alkyl halides is 1. The van der Waals surface area contributed by atoms with Gasteiger partial charge in [0.15, 0.2) is 0 Å². The summed E-state index contributed by atoms with van der Waals surface area (Å²) in [6.45, 7) is 0. The van der Waals surface area contributed by atoms with Gasteiger partial charge in [0.1, 0.15) is 0 Å². The molecule has 0 bridgehead atoms. The molecule has 2 rings (SSSR count). The largest absolute Gasteiger partial charge is 0.122 e. The van der Waals surface area contributed by atoms with Crippen LogP contribution in [0.2, 0.25) is 5.02 Å². The Kier molecular flexibility index (Phi) is 5.52. The summed E-state index contributed by atoms with van der Waals surface area (Å²) < 4.78 is 0. The highest BCUT2D eigenvalue weighted by Crippen LogP contribution is 2.35. The SMILES string of the molecule is Clc1ccc(SC2CCCCCCC2Cl)cc1. The van der Waals surface area contributed by atoms with Gasteiger partial charge in [0.05, 0.1) is 0 Å². The molecule has 2 unspecified atom stereocenters. The van der Waals surface area contributed by atoms with Crippen LogP contribution in [0.4, 0.5) is 0 Å². The lowest BCUT2D eigenvalue weighted by Crippen LogP contribution is -2.19. The van der Waals surface area contributed by atoms with Crippen molar-refractivity contribution in [3.8, 4) is 0 Å². The standard InChI is InChI=1S/C14H18Cl2S/c15-11-7-9-12(10-8-11)17-14-6-4-2-1-3-5-13(14)16/h7-10,13-14H,1-6H2. The molecule has 2 atom stereocenters. The molecule has 0 heterocycles. The predicted octanol–water partition coefficient (Wildman–Crippen LogP) is 5.76. The molecular weight excluding hydrogens is 271 g/mol. The lowest BCUT2D eigenvalue weighted by molar-refractivity contribution is 0.518. The fourth-order valence-electron chi connectivity index (χ4n) is 2.23. The molecule has 0 radical (unpaired) electrons. The molecule has 0 aromatic heterocycles. The summed E-state index contributed by atoms with van der Waals surface area (Å²) in [4.78, 5) is 1.28. The third kappa shape index (κ3) is 4.39. The van der Waals surface area contributed by atoms with Crippen molar-refractivity contribution in [1.29, 1.82) is 0 Å². The third-order valence-electron chi connectivity index (χ3n) is 3.22. The number of rotatable bonds is 2. The van der Waals surface area contributed by atoms with Crippen LogP contribution in [0, 0.1) is 0 Å². The smallest absolute Gasteiger partial charge is 0.0458 e. The first kappa shape index (κ1) is 13.6. The van der Waals surface area contributed by atoms with E-state index in [1.54, 1.807) is 0 Å². The second-order valence-corrected chi connectivity index (χ2v) is 6.93. The van der Waals surface area contributed by atoms with Crippen molar-refractivity contribution in [1.82, 2.24) is 0 Å². The molecule has 94 valence electrons. The van der Waals surface area contributed by atoms with Crippen LogP contribution < -0.4 is 0 Å². The first-order valence-corrected chi connectivity index (χ1v) is 8.01. The highest BCUT2D eigenvalue weighted by molar-refractivity contribution is 8.00. The second-order valence-electron chi connectivity index (χ2n) is 4.62. The molecule has 1 aromatic rings. The van der Waals surface area contributed by atoms with E-state index in [2.05, 4.69) is 12.1 Å². The maximum absolute atomic E-state index is 6.49. The molecular formula is C14H18Cl2S. The maximum Gasteiger partial charge on any atom is 0.0458 e. The zero-order valence-electron chi connectivity index (χ0n) is 9.87. The van der Waals surface area contributed by atoms with Crippen molar-refractivity contribution < 1.29 is 0 Å². The van der Waals surface area contributed by atoms with E-state index in [-0.39, 0.29) is 0 Å². The van der Waals surface area contributed by atoms with Crippen LogP contribution in [0.3, 0.4) is 0 Å². The van der Waals surface area contributed by atoms with Gasteiger partial charge in [0, 0.05) is 20.5 Å². The molecule has 0 amide bonds. The minimum atomic E-state index is 0.316. The Balaban J connectivity index is 1.97. The molecule has 1 saturated carbocycles. The van der Waals surface area contributed by atoms with E-state index < -0.39 is 0 Å². The Bertz CT molecular complexity index is 337. The molecule has 3 heteroatoms. The van der Waals surface area contributed by atoms with Crippen LogP contribution >= 0.6 is 35.0 Å². The molecule has 17 heavy (non-hydrogen) atoms. The summed E-state index contributed by atoms with van der Waals surface area (Å²) in [5.41, 5.74) is 0. The molecule has 0 spiro atoms. The van der Waals surface area contributed by atoms with Gasteiger partial charge in [-0.2, -0.15) is 0 Å². The van der Waals surface area contributed by atoms with Crippen molar-refractivity contribution >= 4 is 35.0 Å². The monoisotopic (exact) mass is 288 g/mol. The zero-order chi connectivity index (χ0) is 12.1. The van der Waals surface area contributed by atoms with Crippen LogP contribution in [0.5, 0.6) is 0 Å². The summed E-state index contributed by atoms with van der Waals surface area (Å²) in [5.74, 6) is 0. The van der Waals surface area contributed by atoms with Crippen molar-refractivity contribution in [2.24, 2.45) is 0 Å². The van der Waals surface area contributed by atoms with Crippen molar-refractivity contribution in [3.05, 3.63) is 29.3 Å². The van der Waals surface area contributed by atoms with Gasteiger partial charge in [0.25, 0.3) is 0 Å². The van der Waals surface area contributed by atoms with E-state index >= 15 is 0 Å².